The van der Waals surface area contributed by atoms with E-state index in [9.17, 15) is 14.7 Å². The average molecular weight is 410 g/mol. The summed E-state index contributed by atoms with van der Waals surface area (Å²) in [5.41, 5.74) is 1.77. The molecule has 1 amide bonds. The van der Waals surface area contributed by atoms with Crippen LogP contribution in [0.1, 0.15) is 35.6 Å². The highest BCUT2D eigenvalue weighted by Crippen LogP contribution is 2.38. The van der Waals surface area contributed by atoms with E-state index in [0.29, 0.717) is 30.0 Å². The van der Waals surface area contributed by atoms with Crippen LogP contribution >= 0.6 is 11.3 Å². The van der Waals surface area contributed by atoms with Crippen LogP contribution in [-0.2, 0) is 10.4 Å². The number of aromatic nitrogens is 2. The number of hydrogen-bond donors (Lipinski definition) is 2. The molecule has 1 fully saturated rings. The molecule has 2 aromatic heterocycles. The Morgan fingerprint density at radius 2 is 2.07 bits per heavy atom. The maximum atomic E-state index is 12.7. The topological polar surface area (TPSA) is 95.4 Å². The minimum absolute atomic E-state index is 0.0608. The summed E-state index contributed by atoms with van der Waals surface area (Å²) >= 11 is 1.50. The molecule has 1 aliphatic heterocycles. The summed E-state index contributed by atoms with van der Waals surface area (Å²) in [5.74, 6) is -0.273. The Kier molecular flexibility index (Phi) is 4.84. The van der Waals surface area contributed by atoms with Gasteiger partial charge in [-0.2, -0.15) is 0 Å². The van der Waals surface area contributed by atoms with Gasteiger partial charge in [-0.05, 0) is 45.0 Å². The Bertz CT molecular complexity index is 1100. The largest absolute Gasteiger partial charge is 0.386 e. The molecule has 1 aromatic carbocycles. The van der Waals surface area contributed by atoms with Gasteiger partial charge in [-0.3, -0.25) is 4.79 Å². The van der Waals surface area contributed by atoms with Crippen LogP contribution in [0.25, 0.3) is 10.2 Å². The number of rotatable bonds is 5. The Hall–Kier alpha value is -2.84. The minimum atomic E-state index is -1.17. The number of anilines is 2. The van der Waals surface area contributed by atoms with Crippen LogP contribution in [0, 0.1) is 12.8 Å². The standard InChI is InChI=1S/C21H22N4O3S/c1-12-5-4-6-15(22-12)19(27)23-16-8-18-17(7-14(16)21(2,3)28)24-20(29-18)25-9-13(10-25)11-26/h4-8,11,13,28H,9-10H2,1-3H3,(H,23,27). The molecule has 0 bridgehead atoms. The fraction of sp³-hybridized carbons (Fsp3) is 0.333. The van der Waals surface area contributed by atoms with E-state index in [1.54, 1.807) is 26.0 Å². The van der Waals surface area contributed by atoms with Crippen molar-refractivity contribution in [3.63, 3.8) is 0 Å². The summed E-state index contributed by atoms with van der Waals surface area (Å²) in [6.45, 7) is 6.52. The Morgan fingerprint density at radius 1 is 1.31 bits per heavy atom. The van der Waals surface area contributed by atoms with E-state index in [4.69, 9.17) is 0 Å². The molecule has 0 spiro atoms. The fourth-order valence-corrected chi connectivity index (χ4v) is 4.32. The second-order valence-electron chi connectivity index (χ2n) is 7.84. The molecule has 4 rings (SSSR count). The molecular formula is C21H22N4O3S. The summed E-state index contributed by atoms with van der Waals surface area (Å²) in [6, 6.07) is 8.92. The monoisotopic (exact) mass is 410 g/mol. The van der Waals surface area contributed by atoms with Crippen molar-refractivity contribution >= 4 is 44.6 Å². The van der Waals surface area contributed by atoms with E-state index in [0.717, 1.165) is 27.3 Å². The lowest BCUT2D eigenvalue weighted by molar-refractivity contribution is -0.111. The first-order chi connectivity index (χ1) is 13.7. The summed E-state index contributed by atoms with van der Waals surface area (Å²) in [6.07, 6.45) is 0.975. The van der Waals surface area contributed by atoms with Gasteiger partial charge in [0.15, 0.2) is 5.13 Å². The number of nitrogens with zero attached hydrogens (tertiary/aromatic N) is 3. The Morgan fingerprint density at radius 3 is 2.72 bits per heavy atom. The number of nitrogens with one attached hydrogen (secondary N) is 1. The van der Waals surface area contributed by atoms with Gasteiger partial charge in [0.2, 0.25) is 0 Å². The number of carbonyl (C=O) groups excluding carboxylic acids is 2. The minimum Gasteiger partial charge on any atom is -0.386 e. The fourth-order valence-electron chi connectivity index (χ4n) is 3.32. The van der Waals surface area contributed by atoms with Gasteiger partial charge < -0.3 is 20.1 Å². The van der Waals surface area contributed by atoms with Gasteiger partial charge in [0.1, 0.15) is 12.0 Å². The van der Waals surface area contributed by atoms with Gasteiger partial charge in [0.05, 0.1) is 15.8 Å². The molecule has 0 atom stereocenters. The molecule has 7 nitrogen and oxygen atoms in total. The predicted molar refractivity (Wildman–Crippen MR) is 114 cm³/mol. The van der Waals surface area contributed by atoms with Gasteiger partial charge >= 0.3 is 0 Å². The maximum absolute atomic E-state index is 12.7. The van der Waals surface area contributed by atoms with Crippen LogP contribution < -0.4 is 10.2 Å². The van der Waals surface area contributed by atoms with Crippen molar-refractivity contribution in [1.29, 1.82) is 0 Å². The van der Waals surface area contributed by atoms with Crippen LogP contribution in [0.15, 0.2) is 30.3 Å². The third-order valence-corrected chi connectivity index (χ3v) is 6.00. The SMILES string of the molecule is Cc1cccc(C(=O)Nc2cc3sc(N4CC(C=O)C4)nc3cc2C(C)(C)O)n1. The first-order valence-corrected chi connectivity index (χ1v) is 10.2. The number of hydrogen-bond acceptors (Lipinski definition) is 7. The zero-order valence-electron chi connectivity index (χ0n) is 16.5. The number of carbonyl (C=O) groups is 2. The first-order valence-electron chi connectivity index (χ1n) is 9.37. The number of aryl methyl sites for hydroxylation is 1. The third kappa shape index (κ3) is 3.86. The highest BCUT2D eigenvalue weighted by molar-refractivity contribution is 7.22. The second-order valence-corrected chi connectivity index (χ2v) is 8.85. The third-order valence-electron chi connectivity index (χ3n) is 4.92. The highest BCUT2D eigenvalue weighted by Gasteiger charge is 2.29. The molecule has 0 saturated carbocycles. The van der Waals surface area contributed by atoms with Gasteiger partial charge in [-0.25, -0.2) is 9.97 Å². The zero-order valence-corrected chi connectivity index (χ0v) is 17.3. The number of amides is 1. The molecular weight excluding hydrogens is 388 g/mol. The quantitative estimate of drug-likeness (QED) is 0.628. The Balaban J connectivity index is 1.69. The van der Waals surface area contributed by atoms with E-state index < -0.39 is 5.60 Å². The van der Waals surface area contributed by atoms with Crippen LogP contribution in [0.5, 0.6) is 0 Å². The predicted octanol–water partition coefficient (Wildman–Crippen LogP) is 3.11. The number of fused-ring (bicyclic) bond motifs is 1. The van der Waals surface area contributed by atoms with Crippen LogP contribution in [-0.4, -0.2) is 40.4 Å². The molecule has 0 radical (unpaired) electrons. The molecule has 2 N–H and O–H groups in total. The van der Waals surface area contributed by atoms with E-state index in [1.165, 1.54) is 11.3 Å². The van der Waals surface area contributed by atoms with Crippen LogP contribution in [0.2, 0.25) is 0 Å². The smallest absolute Gasteiger partial charge is 0.274 e. The number of benzene rings is 1. The lowest BCUT2D eigenvalue weighted by atomic mass is 9.96. The zero-order chi connectivity index (χ0) is 20.8. The molecule has 1 aliphatic rings. The number of pyridine rings is 1. The number of aliphatic hydroxyl groups is 1. The van der Waals surface area contributed by atoms with E-state index in [1.807, 2.05) is 25.1 Å². The lowest BCUT2D eigenvalue weighted by Gasteiger charge is -2.35. The van der Waals surface area contributed by atoms with Gasteiger partial charge in [-0.15, -0.1) is 0 Å². The van der Waals surface area contributed by atoms with Crippen molar-refractivity contribution in [3.8, 4) is 0 Å². The van der Waals surface area contributed by atoms with E-state index in [2.05, 4.69) is 20.2 Å². The van der Waals surface area contributed by atoms with E-state index >= 15 is 0 Å². The van der Waals surface area contributed by atoms with Crippen molar-refractivity contribution in [2.75, 3.05) is 23.3 Å². The summed E-state index contributed by atoms with van der Waals surface area (Å²) in [5, 5.41) is 14.4. The average Bonchev–Trinajstić information content (AvgIpc) is 3.01. The molecule has 29 heavy (non-hydrogen) atoms. The molecule has 1 saturated heterocycles. The molecule has 150 valence electrons. The molecule has 0 aliphatic carbocycles. The highest BCUT2D eigenvalue weighted by atomic mass is 32.1. The second kappa shape index (κ2) is 7.20. The number of thiazole rings is 1. The normalized spacial score (nSPS) is 14.7. The Labute approximate surface area is 172 Å². The number of aldehydes is 1. The maximum Gasteiger partial charge on any atom is 0.274 e. The summed E-state index contributed by atoms with van der Waals surface area (Å²) < 4.78 is 0.898. The van der Waals surface area contributed by atoms with Crippen molar-refractivity contribution in [3.05, 3.63) is 47.3 Å². The van der Waals surface area contributed by atoms with Crippen molar-refractivity contribution in [2.45, 2.75) is 26.4 Å². The molecule has 0 unspecified atom stereocenters. The lowest BCUT2D eigenvalue weighted by Crippen LogP contribution is -2.47. The van der Waals surface area contributed by atoms with Crippen LogP contribution in [0.4, 0.5) is 10.8 Å². The summed E-state index contributed by atoms with van der Waals surface area (Å²) in [4.78, 5) is 34.6. The van der Waals surface area contributed by atoms with E-state index in [-0.39, 0.29) is 11.8 Å². The van der Waals surface area contributed by atoms with Gasteiger partial charge in [-0.1, -0.05) is 17.4 Å². The van der Waals surface area contributed by atoms with Crippen molar-refractivity contribution < 1.29 is 14.7 Å². The van der Waals surface area contributed by atoms with Crippen LogP contribution in [0.3, 0.4) is 0 Å². The van der Waals surface area contributed by atoms with Gasteiger partial charge in [0, 0.05) is 36.0 Å². The molecule has 3 heterocycles. The molecule has 3 aromatic rings. The first kappa shape index (κ1) is 19.5. The van der Waals surface area contributed by atoms with Gasteiger partial charge in [0.25, 0.3) is 5.91 Å². The molecule has 8 heteroatoms. The summed E-state index contributed by atoms with van der Waals surface area (Å²) in [7, 11) is 0. The van der Waals surface area contributed by atoms with Crippen molar-refractivity contribution in [2.24, 2.45) is 5.92 Å². The van der Waals surface area contributed by atoms with Crippen molar-refractivity contribution in [1.82, 2.24) is 9.97 Å².